The summed E-state index contributed by atoms with van der Waals surface area (Å²) in [4.78, 5) is 19.0. The van der Waals surface area contributed by atoms with Crippen LogP contribution in [0.4, 0.5) is 5.82 Å². The van der Waals surface area contributed by atoms with E-state index < -0.39 is 0 Å². The van der Waals surface area contributed by atoms with E-state index in [0.29, 0.717) is 19.4 Å². The lowest BCUT2D eigenvalue weighted by Crippen LogP contribution is -2.13. The van der Waals surface area contributed by atoms with Gasteiger partial charge in [0, 0.05) is 25.5 Å². The third-order valence-corrected chi connectivity index (χ3v) is 2.37. The van der Waals surface area contributed by atoms with Gasteiger partial charge in [-0.15, -0.1) is 0 Å². The summed E-state index contributed by atoms with van der Waals surface area (Å²) < 4.78 is 0.761. The molecule has 0 spiro atoms. The topological polar surface area (TPSA) is 80.9 Å². The van der Waals surface area contributed by atoms with Crippen molar-refractivity contribution in [2.24, 2.45) is 5.73 Å². The van der Waals surface area contributed by atoms with E-state index in [-0.39, 0.29) is 5.91 Å². The molecule has 6 heteroatoms. The number of primary amides is 1. The molecule has 0 saturated carbocycles. The van der Waals surface area contributed by atoms with Crippen molar-refractivity contribution in [2.75, 3.05) is 11.9 Å². The summed E-state index contributed by atoms with van der Waals surface area (Å²) in [5, 5.41) is 3.13. The minimum atomic E-state index is -0.278. The lowest BCUT2D eigenvalue weighted by Gasteiger charge is -2.06. The third-order valence-electron chi connectivity index (χ3n) is 1.96. The van der Waals surface area contributed by atoms with E-state index in [1.54, 1.807) is 0 Å². The summed E-state index contributed by atoms with van der Waals surface area (Å²) in [7, 11) is 0. The van der Waals surface area contributed by atoms with Gasteiger partial charge in [0.1, 0.15) is 16.2 Å². The maximum absolute atomic E-state index is 10.5. The molecular weight excluding hydrogens is 272 g/mol. The first-order valence-corrected chi connectivity index (χ1v) is 5.96. The molecular formula is C10H15BrN4O. The van der Waals surface area contributed by atoms with Gasteiger partial charge in [-0.1, -0.05) is 6.92 Å². The molecule has 3 N–H and O–H groups in total. The molecule has 0 atom stereocenters. The number of aromatic nitrogens is 2. The fraction of sp³-hybridized carbons (Fsp3) is 0.500. The molecule has 0 unspecified atom stereocenters. The molecule has 0 fully saturated rings. The lowest BCUT2D eigenvalue weighted by atomic mass is 10.3. The van der Waals surface area contributed by atoms with Crippen LogP contribution in [0.5, 0.6) is 0 Å². The molecule has 0 aliphatic carbocycles. The third kappa shape index (κ3) is 4.57. The predicted octanol–water partition coefficient (Wildman–Crippen LogP) is 1.48. The number of anilines is 1. The second-order valence-corrected chi connectivity index (χ2v) is 4.15. The van der Waals surface area contributed by atoms with Gasteiger partial charge in [0.2, 0.25) is 5.91 Å². The van der Waals surface area contributed by atoms with Crippen LogP contribution in [0, 0.1) is 0 Å². The molecule has 88 valence electrons. The number of hydrogen-bond donors (Lipinski definition) is 2. The van der Waals surface area contributed by atoms with Crippen molar-refractivity contribution in [3.63, 3.8) is 0 Å². The van der Waals surface area contributed by atoms with Crippen molar-refractivity contribution in [2.45, 2.75) is 26.2 Å². The number of amides is 1. The van der Waals surface area contributed by atoms with Crippen molar-refractivity contribution in [1.82, 2.24) is 9.97 Å². The largest absolute Gasteiger partial charge is 0.370 e. The number of hydrogen-bond acceptors (Lipinski definition) is 4. The molecule has 0 bridgehead atoms. The van der Waals surface area contributed by atoms with E-state index in [0.717, 1.165) is 22.7 Å². The van der Waals surface area contributed by atoms with Crippen LogP contribution in [-0.2, 0) is 11.2 Å². The van der Waals surface area contributed by atoms with Crippen LogP contribution in [0.3, 0.4) is 0 Å². The molecule has 1 amide bonds. The second kappa shape index (κ2) is 6.42. The van der Waals surface area contributed by atoms with Crippen LogP contribution in [-0.4, -0.2) is 22.4 Å². The number of carbonyl (C=O) groups is 1. The molecule has 1 rings (SSSR count). The zero-order valence-electron chi connectivity index (χ0n) is 9.16. The minimum absolute atomic E-state index is 0.278. The molecule has 16 heavy (non-hydrogen) atoms. The van der Waals surface area contributed by atoms with Crippen LogP contribution in [0.15, 0.2) is 10.7 Å². The van der Waals surface area contributed by atoms with Crippen molar-refractivity contribution >= 4 is 27.7 Å². The molecule has 0 aromatic carbocycles. The van der Waals surface area contributed by atoms with E-state index in [1.807, 2.05) is 13.0 Å². The van der Waals surface area contributed by atoms with Crippen LogP contribution in [0.1, 0.15) is 25.6 Å². The molecule has 0 saturated heterocycles. The van der Waals surface area contributed by atoms with Gasteiger partial charge < -0.3 is 11.1 Å². The fourth-order valence-electron chi connectivity index (χ4n) is 1.19. The quantitative estimate of drug-likeness (QED) is 0.613. The van der Waals surface area contributed by atoms with Crippen molar-refractivity contribution in [1.29, 1.82) is 0 Å². The molecule has 5 nitrogen and oxygen atoms in total. The number of nitrogens with one attached hydrogen (secondary N) is 1. The Balaban J connectivity index is 2.47. The Hall–Kier alpha value is -1.17. The van der Waals surface area contributed by atoms with Crippen LogP contribution >= 0.6 is 15.9 Å². The number of aryl methyl sites for hydroxylation is 1. The van der Waals surface area contributed by atoms with Gasteiger partial charge in [0.05, 0.1) is 0 Å². The highest BCUT2D eigenvalue weighted by atomic mass is 79.9. The summed E-state index contributed by atoms with van der Waals surface area (Å²) >= 11 is 3.32. The Morgan fingerprint density at radius 3 is 2.94 bits per heavy atom. The Bertz CT molecular complexity index is 370. The second-order valence-electron chi connectivity index (χ2n) is 3.34. The first-order valence-electron chi connectivity index (χ1n) is 5.17. The van der Waals surface area contributed by atoms with E-state index in [2.05, 4.69) is 31.2 Å². The van der Waals surface area contributed by atoms with Gasteiger partial charge in [-0.3, -0.25) is 4.79 Å². The molecule has 1 heterocycles. The Labute approximate surface area is 103 Å². The Morgan fingerprint density at radius 2 is 2.31 bits per heavy atom. The SMILES string of the molecule is CCc1nc(Br)cc(NCCCC(N)=O)n1. The average Bonchev–Trinajstić information content (AvgIpc) is 2.23. The number of halogens is 1. The average molecular weight is 287 g/mol. The number of nitrogens with zero attached hydrogens (tertiary/aromatic N) is 2. The van der Waals surface area contributed by atoms with E-state index in [9.17, 15) is 4.79 Å². The van der Waals surface area contributed by atoms with E-state index in [1.165, 1.54) is 0 Å². The van der Waals surface area contributed by atoms with Crippen LogP contribution < -0.4 is 11.1 Å². The zero-order chi connectivity index (χ0) is 12.0. The maximum atomic E-state index is 10.5. The summed E-state index contributed by atoms with van der Waals surface area (Å²) in [6.45, 7) is 2.67. The molecule has 1 aromatic heterocycles. The van der Waals surface area contributed by atoms with Gasteiger partial charge in [-0.25, -0.2) is 9.97 Å². The highest BCUT2D eigenvalue weighted by Crippen LogP contribution is 2.12. The number of rotatable bonds is 6. The normalized spacial score (nSPS) is 10.1. The highest BCUT2D eigenvalue weighted by Gasteiger charge is 2.01. The number of carbonyl (C=O) groups excluding carboxylic acids is 1. The van der Waals surface area contributed by atoms with E-state index in [4.69, 9.17) is 5.73 Å². The summed E-state index contributed by atoms with van der Waals surface area (Å²) in [6.07, 6.45) is 1.88. The first kappa shape index (κ1) is 12.9. The predicted molar refractivity (Wildman–Crippen MR) is 66.0 cm³/mol. The summed E-state index contributed by atoms with van der Waals surface area (Å²) in [5.41, 5.74) is 5.04. The molecule has 0 aliphatic heterocycles. The molecule has 0 aliphatic rings. The lowest BCUT2D eigenvalue weighted by molar-refractivity contribution is -0.118. The number of nitrogens with two attached hydrogens (primary N) is 1. The zero-order valence-corrected chi connectivity index (χ0v) is 10.7. The van der Waals surface area contributed by atoms with E-state index >= 15 is 0 Å². The van der Waals surface area contributed by atoms with Gasteiger partial charge in [0.25, 0.3) is 0 Å². The fourth-order valence-corrected chi connectivity index (χ4v) is 1.61. The van der Waals surface area contributed by atoms with Gasteiger partial charge in [-0.05, 0) is 22.4 Å². The maximum Gasteiger partial charge on any atom is 0.217 e. The summed E-state index contributed by atoms with van der Waals surface area (Å²) in [6, 6.07) is 1.81. The first-order chi connectivity index (χ1) is 7.61. The van der Waals surface area contributed by atoms with Crippen LogP contribution in [0.2, 0.25) is 0 Å². The van der Waals surface area contributed by atoms with Crippen molar-refractivity contribution in [3.05, 3.63) is 16.5 Å². The standard InChI is InChI=1S/C10H15BrN4O/c1-2-9-14-7(11)6-10(15-9)13-5-3-4-8(12)16/h6H,2-5H2,1H3,(H2,12,16)(H,13,14,15). The van der Waals surface area contributed by atoms with Gasteiger partial charge >= 0.3 is 0 Å². The Kier molecular flexibility index (Phi) is 5.18. The van der Waals surface area contributed by atoms with Gasteiger partial charge in [0.15, 0.2) is 0 Å². The van der Waals surface area contributed by atoms with Crippen molar-refractivity contribution < 1.29 is 4.79 Å². The van der Waals surface area contributed by atoms with Gasteiger partial charge in [-0.2, -0.15) is 0 Å². The molecule has 0 radical (unpaired) electrons. The highest BCUT2D eigenvalue weighted by molar-refractivity contribution is 9.10. The smallest absolute Gasteiger partial charge is 0.217 e. The Morgan fingerprint density at radius 1 is 1.56 bits per heavy atom. The molecule has 1 aromatic rings. The van der Waals surface area contributed by atoms with Crippen molar-refractivity contribution in [3.8, 4) is 0 Å². The van der Waals surface area contributed by atoms with Crippen LogP contribution in [0.25, 0.3) is 0 Å². The summed E-state index contributed by atoms with van der Waals surface area (Å²) in [5.74, 6) is 1.27. The monoisotopic (exact) mass is 286 g/mol. The minimum Gasteiger partial charge on any atom is -0.370 e.